The predicted octanol–water partition coefficient (Wildman–Crippen LogP) is 5.01. The third-order valence-corrected chi connectivity index (χ3v) is 4.71. The third-order valence-electron chi connectivity index (χ3n) is 4.71. The minimum atomic E-state index is -0.701. The molecule has 32 heavy (non-hydrogen) atoms. The quantitative estimate of drug-likeness (QED) is 0.229. The first-order valence-corrected chi connectivity index (χ1v) is 9.51. The van der Waals surface area contributed by atoms with Crippen LogP contribution in [0.1, 0.15) is 11.1 Å². The highest BCUT2D eigenvalue weighted by atomic mass is 16.6. The summed E-state index contributed by atoms with van der Waals surface area (Å²) in [5.41, 5.74) is 4.49. The third kappa shape index (κ3) is 4.54. The number of hydrogen-bond donors (Lipinski definition) is 2. The van der Waals surface area contributed by atoms with Gasteiger partial charge in [0.2, 0.25) is 0 Å². The summed E-state index contributed by atoms with van der Waals surface area (Å²) in [6.07, 6.45) is 3.26. The van der Waals surface area contributed by atoms with Gasteiger partial charge in [0.05, 0.1) is 22.1 Å². The second-order valence-electron chi connectivity index (χ2n) is 6.81. The molecule has 0 atom stereocenters. The van der Waals surface area contributed by atoms with Crippen molar-refractivity contribution in [3.8, 4) is 5.75 Å². The molecule has 0 aliphatic rings. The lowest BCUT2D eigenvalue weighted by Crippen LogP contribution is -1.98. The van der Waals surface area contributed by atoms with E-state index in [1.54, 1.807) is 6.20 Å². The maximum Gasteiger partial charge on any atom is 0.301 e. The zero-order chi connectivity index (χ0) is 22.5. The fourth-order valence-electron chi connectivity index (χ4n) is 3.11. The Morgan fingerprint density at radius 3 is 2.56 bits per heavy atom. The smallest absolute Gasteiger partial charge is 0.301 e. The van der Waals surface area contributed by atoms with E-state index in [0.717, 1.165) is 28.1 Å². The van der Waals surface area contributed by atoms with Crippen molar-refractivity contribution < 1.29 is 14.6 Å². The number of non-ortho nitro benzene ring substituents is 1. The van der Waals surface area contributed by atoms with Gasteiger partial charge in [-0.1, -0.05) is 30.3 Å². The molecule has 0 radical (unpaired) electrons. The van der Waals surface area contributed by atoms with Gasteiger partial charge in [-0.15, -0.1) is 0 Å². The van der Waals surface area contributed by atoms with Gasteiger partial charge in [-0.3, -0.25) is 25.7 Å². The lowest BCUT2D eigenvalue weighted by molar-refractivity contribution is -0.393. The van der Waals surface area contributed by atoms with Gasteiger partial charge < -0.3 is 9.72 Å². The SMILES string of the molecule is O=[N+]([O-])c1ccc(N/N=C\c2c[nH]c3ccc(OCc4ccccc4)cc23)c([N+](=O)[O-])c1. The number of nitrogens with one attached hydrogen (secondary N) is 2. The van der Waals surface area contributed by atoms with Gasteiger partial charge in [-0.25, -0.2) is 0 Å². The molecule has 4 aromatic rings. The van der Waals surface area contributed by atoms with E-state index in [1.807, 2.05) is 48.5 Å². The van der Waals surface area contributed by atoms with Crippen molar-refractivity contribution >= 4 is 34.2 Å². The molecule has 2 N–H and O–H groups in total. The molecule has 0 spiro atoms. The summed E-state index contributed by atoms with van der Waals surface area (Å²) in [6, 6.07) is 18.8. The van der Waals surface area contributed by atoms with Crippen molar-refractivity contribution in [2.24, 2.45) is 5.10 Å². The fourth-order valence-corrected chi connectivity index (χ4v) is 3.11. The molecule has 1 aromatic heterocycles. The molecular weight excluding hydrogens is 414 g/mol. The Morgan fingerprint density at radius 1 is 1.00 bits per heavy atom. The van der Waals surface area contributed by atoms with Gasteiger partial charge in [0.1, 0.15) is 18.0 Å². The highest BCUT2D eigenvalue weighted by Gasteiger charge is 2.19. The molecule has 10 heteroatoms. The monoisotopic (exact) mass is 431 g/mol. The van der Waals surface area contributed by atoms with Crippen LogP contribution < -0.4 is 10.2 Å². The van der Waals surface area contributed by atoms with E-state index in [9.17, 15) is 20.2 Å². The van der Waals surface area contributed by atoms with Crippen LogP contribution in [0.4, 0.5) is 17.1 Å². The number of nitro groups is 2. The molecule has 0 saturated carbocycles. The van der Waals surface area contributed by atoms with E-state index in [-0.39, 0.29) is 11.4 Å². The van der Waals surface area contributed by atoms with Gasteiger partial charge in [0.25, 0.3) is 5.69 Å². The van der Waals surface area contributed by atoms with Crippen LogP contribution >= 0.6 is 0 Å². The van der Waals surface area contributed by atoms with Crippen LogP contribution in [0.5, 0.6) is 5.75 Å². The predicted molar refractivity (Wildman–Crippen MR) is 120 cm³/mol. The number of ether oxygens (including phenoxy) is 1. The van der Waals surface area contributed by atoms with Crippen LogP contribution in [0.2, 0.25) is 0 Å². The van der Waals surface area contributed by atoms with Crippen LogP contribution in [0, 0.1) is 20.2 Å². The number of hydrogen-bond acceptors (Lipinski definition) is 7. The number of hydrazone groups is 1. The minimum absolute atomic E-state index is 0.0450. The van der Waals surface area contributed by atoms with Crippen LogP contribution in [0.15, 0.2) is 78.0 Å². The Balaban J connectivity index is 1.52. The van der Waals surface area contributed by atoms with Crippen molar-refractivity contribution in [2.45, 2.75) is 6.61 Å². The number of nitrogens with zero attached hydrogens (tertiary/aromatic N) is 3. The molecular formula is C22H17N5O5. The lowest BCUT2D eigenvalue weighted by atomic mass is 10.2. The molecule has 0 aliphatic heterocycles. The van der Waals surface area contributed by atoms with E-state index < -0.39 is 15.5 Å². The number of anilines is 1. The van der Waals surface area contributed by atoms with E-state index in [4.69, 9.17) is 4.74 Å². The van der Waals surface area contributed by atoms with Crippen LogP contribution in [-0.2, 0) is 6.61 Å². The number of aromatic nitrogens is 1. The normalized spacial score (nSPS) is 11.0. The molecule has 0 bridgehead atoms. The number of fused-ring (bicyclic) bond motifs is 1. The molecule has 0 unspecified atom stereocenters. The van der Waals surface area contributed by atoms with Crippen molar-refractivity contribution in [1.29, 1.82) is 0 Å². The van der Waals surface area contributed by atoms with Crippen LogP contribution in [0.25, 0.3) is 10.9 Å². The van der Waals surface area contributed by atoms with Gasteiger partial charge in [-0.05, 0) is 29.8 Å². The Kier molecular flexibility index (Phi) is 5.75. The first-order valence-electron chi connectivity index (χ1n) is 9.51. The first kappa shape index (κ1) is 20.5. The Bertz CT molecular complexity index is 1320. The van der Waals surface area contributed by atoms with E-state index >= 15 is 0 Å². The number of nitro benzene ring substituents is 2. The summed E-state index contributed by atoms with van der Waals surface area (Å²) in [5, 5.41) is 27.0. The maximum absolute atomic E-state index is 11.2. The summed E-state index contributed by atoms with van der Waals surface area (Å²) in [7, 11) is 0. The van der Waals surface area contributed by atoms with Gasteiger partial charge >= 0.3 is 5.69 Å². The molecule has 1 heterocycles. The van der Waals surface area contributed by atoms with E-state index in [0.29, 0.717) is 12.4 Å². The minimum Gasteiger partial charge on any atom is -0.489 e. The average Bonchev–Trinajstić information content (AvgIpc) is 3.20. The number of H-pyrrole nitrogens is 1. The Morgan fingerprint density at radius 2 is 1.81 bits per heavy atom. The molecule has 0 amide bonds. The summed E-state index contributed by atoms with van der Waals surface area (Å²) in [5.74, 6) is 0.689. The van der Waals surface area contributed by atoms with E-state index in [2.05, 4.69) is 15.5 Å². The summed E-state index contributed by atoms with van der Waals surface area (Å²) >= 11 is 0. The molecule has 3 aromatic carbocycles. The zero-order valence-electron chi connectivity index (χ0n) is 16.6. The lowest BCUT2D eigenvalue weighted by Gasteiger charge is -2.06. The zero-order valence-corrected chi connectivity index (χ0v) is 16.6. The maximum atomic E-state index is 11.2. The summed E-state index contributed by atoms with van der Waals surface area (Å²) in [6.45, 7) is 0.436. The van der Waals surface area contributed by atoms with Crippen molar-refractivity contribution in [3.05, 3.63) is 104 Å². The van der Waals surface area contributed by atoms with E-state index in [1.165, 1.54) is 18.3 Å². The topological polar surface area (TPSA) is 136 Å². The van der Waals surface area contributed by atoms with Crippen LogP contribution in [-0.4, -0.2) is 21.0 Å². The first-order chi connectivity index (χ1) is 15.5. The standard InChI is InChI=1S/C22H17N5O5/c28-26(29)17-6-8-21(22(10-17)27(30)31)25-24-13-16-12-23-20-9-7-18(11-19(16)20)32-14-15-4-2-1-3-5-15/h1-13,23,25H,14H2/b24-13-. The molecule has 0 fully saturated rings. The fraction of sp³-hybridized carbons (Fsp3) is 0.0455. The second kappa shape index (κ2) is 8.96. The van der Waals surface area contributed by atoms with Crippen LogP contribution in [0.3, 0.4) is 0 Å². The van der Waals surface area contributed by atoms with Gasteiger partial charge in [-0.2, -0.15) is 5.10 Å². The highest BCUT2D eigenvalue weighted by Crippen LogP contribution is 2.29. The Hall–Kier alpha value is -4.73. The Labute approximate surface area is 181 Å². The highest BCUT2D eigenvalue weighted by molar-refractivity contribution is 5.99. The second-order valence-corrected chi connectivity index (χ2v) is 6.81. The number of rotatable bonds is 8. The largest absolute Gasteiger partial charge is 0.489 e. The molecule has 4 rings (SSSR count). The average molecular weight is 431 g/mol. The van der Waals surface area contributed by atoms with Crippen molar-refractivity contribution in [2.75, 3.05) is 5.43 Å². The molecule has 10 nitrogen and oxygen atoms in total. The molecule has 160 valence electrons. The summed E-state index contributed by atoms with van der Waals surface area (Å²) in [4.78, 5) is 23.8. The van der Waals surface area contributed by atoms with Gasteiger partial charge in [0.15, 0.2) is 0 Å². The number of aromatic amines is 1. The number of benzene rings is 3. The molecule has 0 aliphatic carbocycles. The van der Waals surface area contributed by atoms with Crippen molar-refractivity contribution in [3.63, 3.8) is 0 Å². The van der Waals surface area contributed by atoms with Gasteiger partial charge in [0, 0.05) is 28.7 Å². The van der Waals surface area contributed by atoms with Crippen molar-refractivity contribution in [1.82, 2.24) is 4.98 Å². The summed E-state index contributed by atoms with van der Waals surface area (Å²) < 4.78 is 5.87. The molecule has 0 saturated heterocycles.